The van der Waals surface area contributed by atoms with Gasteiger partial charge in [-0.15, -0.1) is 11.3 Å². The predicted octanol–water partition coefficient (Wildman–Crippen LogP) is 0.981. The van der Waals surface area contributed by atoms with E-state index < -0.39 is 11.9 Å². The summed E-state index contributed by atoms with van der Waals surface area (Å²) in [6.45, 7) is 1.47. The maximum absolute atomic E-state index is 11.6. The van der Waals surface area contributed by atoms with Crippen LogP contribution in [0.1, 0.15) is 16.1 Å². The highest BCUT2D eigenvalue weighted by molar-refractivity contribution is 7.13. The number of ether oxygens (including phenoxy) is 1. The third-order valence-corrected chi connectivity index (χ3v) is 3.02. The molecule has 2 rings (SSSR count). The molecule has 0 unspecified atom stereocenters. The van der Waals surface area contributed by atoms with Crippen LogP contribution in [-0.2, 0) is 16.6 Å². The normalized spacial score (nSPS) is 10.2. The van der Waals surface area contributed by atoms with Crippen LogP contribution < -0.4 is 5.32 Å². The highest BCUT2D eigenvalue weighted by Crippen LogP contribution is 2.14. The summed E-state index contributed by atoms with van der Waals surface area (Å²) in [6.07, 6.45) is 2.90. The Morgan fingerprint density at radius 1 is 1.53 bits per heavy atom. The van der Waals surface area contributed by atoms with Crippen LogP contribution in [0.15, 0.2) is 17.8 Å². The van der Waals surface area contributed by atoms with Gasteiger partial charge in [-0.05, 0) is 6.92 Å². The Balaban J connectivity index is 1.82. The molecule has 0 fully saturated rings. The molecule has 0 bridgehead atoms. The molecule has 19 heavy (non-hydrogen) atoms. The lowest BCUT2D eigenvalue weighted by Crippen LogP contribution is -2.20. The molecule has 0 aromatic carbocycles. The van der Waals surface area contributed by atoms with E-state index >= 15 is 0 Å². The molecule has 2 aromatic heterocycles. The van der Waals surface area contributed by atoms with E-state index in [1.165, 1.54) is 28.4 Å². The van der Waals surface area contributed by atoms with E-state index in [0.717, 1.165) is 5.69 Å². The monoisotopic (exact) mass is 280 g/mol. The second-order valence-electron chi connectivity index (χ2n) is 3.82. The largest absolute Gasteiger partial charge is 0.452 e. The van der Waals surface area contributed by atoms with Crippen molar-refractivity contribution >= 4 is 28.3 Å². The molecule has 0 atom stereocenters. The SMILES string of the molecule is Cc1csc(NC(=O)COC(=O)c2cnn(C)c2)n1. The van der Waals surface area contributed by atoms with E-state index in [9.17, 15) is 9.59 Å². The van der Waals surface area contributed by atoms with Crippen LogP contribution >= 0.6 is 11.3 Å². The number of hydrogen-bond donors (Lipinski definition) is 1. The quantitative estimate of drug-likeness (QED) is 0.844. The number of esters is 1. The summed E-state index contributed by atoms with van der Waals surface area (Å²) >= 11 is 1.31. The van der Waals surface area contributed by atoms with Gasteiger partial charge in [0.2, 0.25) is 0 Å². The van der Waals surface area contributed by atoms with Crippen molar-refractivity contribution in [2.75, 3.05) is 11.9 Å². The molecule has 8 heteroatoms. The average Bonchev–Trinajstić information content (AvgIpc) is 2.95. The van der Waals surface area contributed by atoms with E-state index in [2.05, 4.69) is 15.4 Å². The number of nitrogens with zero attached hydrogens (tertiary/aromatic N) is 3. The highest BCUT2D eigenvalue weighted by Gasteiger charge is 2.12. The molecule has 0 radical (unpaired) electrons. The number of nitrogens with one attached hydrogen (secondary N) is 1. The Kier molecular flexibility index (Phi) is 3.91. The zero-order valence-electron chi connectivity index (χ0n) is 10.4. The van der Waals surface area contributed by atoms with Crippen molar-refractivity contribution in [2.45, 2.75) is 6.92 Å². The third kappa shape index (κ3) is 3.62. The first kappa shape index (κ1) is 13.2. The van der Waals surface area contributed by atoms with Crippen LogP contribution in [0.3, 0.4) is 0 Å². The van der Waals surface area contributed by atoms with Crippen molar-refractivity contribution < 1.29 is 14.3 Å². The van der Waals surface area contributed by atoms with Crippen molar-refractivity contribution in [3.8, 4) is 0 Å². The summed E-state index contributed by atoms with van der Waals surface area (Å²) in [5.74, 6) is -1.01. The summed E-state index contributed by atoms with van der Waals surface area (Å²) in [5.41, 5.74) is 1.13. The van der Waals surface area contributed by atoms with Gasteiger partial charge in [-0.25, -0.2) is 9.78 Å². The van der Waals surface area contributed by atoms with Gasteiger partial charge in [0.15, 0.2) is 11.7 Å². The van der Waals surface area contributed by atoms with Crippen LogP contribution in [0.2, 0.25) is 0 Å². The Labute approximate surface area is 113 Å². The van der Waals surface area contributed by atoms with Crippen LogP contribution in [0, 0.1) is 6.92 Å². The van der Waals surface area contributed by atoms with Gasteiger partial charge >= 0.3 is 5.97 Å². The van der Waals surface area contributed by atoms with Gasteiger partial charge in [-0.1, -0.05) is 0 Å². The minimum absolute atomic E-state index is 0.306. The fraction of sp³-hybridized carbons (Fsp3) is 0.273. The number of rotatable bonds is 4. The molecule has 2 heterocycles. The van der Waals surface area contributed by atoms with Crippen LogP contribution in [0.4, 0.5) is 5.13 Å². The van der Waals surface area contributed by atoms with Crippen molar-refractivity contribution in [3.63, 3.8) is 0 Å². The molecule has 1 amide bonds. The summed E-state index contributed by atoms with van der Waals surface area (Å²) in [6, 6.07) is 0. The molecule has 7 nitrogen and oxygen atoms in total. The van der Waals surface area contributed by atoms with Gasteiger partial charge in [0.25, 0.3) is 5.91 Å². The topological polar surface area (TPSA) is 86.1 Å². The lowest BCUT2D eigenvalue weighted by molar-refractivity contribution is -0.119. The molecule has 0 aliphatic heterocycles. The molecule has 0 spiro atoms. The number of amides is 1. The molecule has 0 aliphatic rings. The number of carbonyl (C=O) groups is 2. The fourth-order valence-electron chi connectivity index (χ4n) is 1.31. The molecular weight excluding hydrogens is 268 g/mol. The first-order valence-electron chi connectivity index (χ1n) is 5.42. The van der Waals surface area contributed by atoms with Gasteiger partial charge in [0.1, 0.15) is 0 Å². The van der Waals surface area contributed by atoms with E-state index in [-0.39, 0.29) is 6.61 Å². The van der Waals surface area contributed by atoms with Crippen LogP contribution in [0.25, 0.3) is 0 Å². The van der Waals surface area contributed by atoms with E-state index in [1.807, 2.05) is 12.3 Å². The maximum atomic E-state index is 11.6. The Hall–Kier alpha value is -2.22. The number of anilines is 1. The van der Waals surface area contributed by atoms with Crippen molar-refractivity contribution in [3.05, 3.63) is 29.0 Å². The average molecular weight is 280 g/mol. The maximum Gasteiger partial charge on any atom is 0.341 e. The molecule has 0 aliphatic carbocycles. The second-order valence-corrected chi connectivity index (χ2v) is 4.68. The molecule has 2 aromatic rings. The third-order valence-electron chi connectivity index (χ3n) is 2.14. The van der Waals surface area contributed by atoms with Crippen molar-refractivity contribution in [2.24, 2.45) is 7.05 Å². The molecular formula is C11H12N4O3S. The summed E-state index contributed by atoms with van der Waals surface area (Å²) in [7, 11) is 1.69. The van der Waals surface area contributed by atoms with Gasteiger partial charge < -0.3 is 4.74 Å². The number of carbonyl (C=O) groups excluding carboxylic acids is 2. The first-order chi connectivity index (χ1) is 9.04. The number of aryl methyl sites for hydroxylation is 2. The lowest BCUT2D eigenvalue weighted by Gasteiger charge is -2.02. The second kappa shape index (κ2) is 5.61. The van der Waals surface area contributed by atoms with Crippen LogP contribution in [0.5, 0.6) is 0 Å². The fourth-order valence-corrected chi connectivity index (χ4v) is 2.01. The van der Waals surface area contributed by atoms with E-state index in [0.29, 0.717) is 10.7 Å². The van der Waals surface area contributed by atoms with Crippen LogP contribution in [-0.4, -0.2) is 33.2 Å². The zero-order chi connectivity index (χ0) is 13.8. The Bertz CT molecular complexity index is 605. The highest BCUT2D eigenvalue weighted by atomic mass is 32.1. The molecule has 1 N–H and O–H groups in total. The minimum atomic E-state index is -0.585. The molecule has 100 valence electrons. The predicted molar refractivity (Wildman–Crippen MR) is 69.0 cm³/mol. The Morgan fingerprint density at radius 2 is 2.32 bits per heavy atom. The summed E-state index contributed by atoms with van der Waals surface area (Å²) in [4.78, 5) is 27.1. The molecule has 0 saturated carbocycles. The van der Waals surface area contributed by atoms with E-state index in [4.69, 9.17) is 4.74 Å². The van der Waals surface area contributed by atoms with Gasteiger partial charge in [0.05, 0.1) is 17.5 Å². The smallest absolute Gasteiger partial charge is 0.341 e. The summed E-state index contributed by atoms with van der Waals surface area (Å²) < 4.78 is 6.34. The van der Waals surface area contributed by atoms with Crippen molar-refractivity contribution in [1.82, 2.24) is 14.8 Å². The van der Waals surface area contributed by atoms with Gasteiger partial charge in [0, 0.05) is 18.6 Å². The van der Waals surface area contributed by atoms with Crippen molar-refractivity contribution in [1.29, 1.82) is 0 Å². The first-order valence-corrected chi connectivity index (χ1v) is 6.30. The Morgan fingerprint density at radius 3 is 2.89 bits per heavy atom. The minimum Gasteiger partial charge on any atom is -0.452 e. The standard InChI is InChI=1S/C11H12N4O3S/c1-7-6-19-11(13-7)14-9(16)5-18-10(17)8-3-12-15(2)4-8/h3-4,6H,5H2,1-2H3,(H,13,14,16). The lowest BCUT2D eigenvalue weighted by atomic mass is 10.4. The number of hydrogen-bond acceptors (Lipinski definition) is 6. The summed E-state index contributed by atoms with van der Waals surface area (Å²) in [5, 5.41) is 8.69. The van der Waals surface area contributed by atoms with Gasteiger partial charge in [-0.2, -0.15) is 5.10 Å². The zero-order valence-corrected chi connectivity index (χ0v) is 11.2. The van der Waals surface area contributed by atoms with E-state index in [1.54, 1.807) is 7.05 Å². The molecule has 0 saturated heterocycles. The van der Waals surface area contributed by atoms with Gasteiger partial charge in [-0.3, -0.25) is 14.8 Å². The number of thiazole rings is 1. The number of aromatic nitrogens is 3.